The van der Waals surface area contributed by atoms with Crippen molar-refractivity contribution >= 4 is 17.6 Å². The van der Waals surface area contributed by atoms with Gasteiger partial charge in [-0.3, -0.25) is 0 Å². The number of hydrogen-bond donors (Lipinski definition) is 0. The average molecular weight is 87.2 g/mol. The molecule has 0 aliphatic carbocycles. The van der Waals surface area contributed by atoms with Crippen molar-refractivity contribution in [2.75, 3.05) is 0 Å². The summed E-state index contributed by atoms with van der Waals surface area (Å²) in [5.74, 6) is 0. The van der Waals surface area contributed by atoms with Crippen LogP contribution in [-0.2, 0) is 0 Å². The number of rotatable bonds is 2. The van der Waals surface area contributed by atoms with Gasteiger partial charge in [-0.2, -0.15) is 0 Å². The first-order valence-electron chi connectivity index (χ1n) is 1.63. The molecule has 0 aromatic carbocycles. The maximum atomic E-state index is 4.49. The van der Waals surface area contributed by atoms with Crippen molar-refractivity contribution in [2.45, 2.75) is 13.3 Å². The molecule has 0 N–H and O–H groups in total. The van der Waals surface area contributed by atoms with Crippen molar-refractivity contribution in [3.05, 3.63) is 6.42 Å². The quantitative estimate of drug-likeness (QED) is 0.461. The van der Waals surface area contributed by atoms with Crippen molar-refractivity contribution < 1.29 is 0 Å². The van der Waals surface area contributed by atoms with Gasteiger partial charge >= 0.3 is 0 Å². The van der Waals surface area contributed by atoms with E-state index >= 15 is 0 Å². The Balaban J connectivity index is 2.40. The van der Waals surface area contributed by atoms with Gasteiger partial charge in [0.25, 0.3) is 0 Å². The van der Waals surface area contributed by atoms with Crippen LogP contribution in [0.4, 0.5) is 0 Å². The minimum atomic E-state index is 0.954. The topological polar surface area (TPSA) is 0 Å². The molecule has 0 unspecified atom stereocenters. The van der Waals surface area contributed by atoms with Crippen molar-refractivity contribution in [1.82, 2.24) is 0 Å². The molecule has 0 atom stereocenters. The highest BCUT2D eigenvalue weighted by molar-refractivity contribution is 7.78. The molecule has 0 aromatic rings. The van der Waals surface area contributed by atoms with Crippen LogP contribution in [0.25, 0.3) is 0 Å². The van der Waals surface area contributed by atoms with E-state index < -0.39 is 0 Å². The molecule has 5 heavy (non-hydrogen) atoms. The molecule has 0 aliphatic heterocycles. The predicted octanol–water partition coefficient (Wildman–Crippen LogP) is 1.60. The fourth-order valence-corrected chi connectivity index (χ4v) is 0.289. The fraction of sp³-hybridized carbons (Fsp3) is 0.500. The Kier molecular flexibility index (Phi) is 4.16. The van der Waals surface area contributed by atoms with E-state index in [0.29, 0.717) is 0 Å². The molecule has 0 aromatic heterocycles. The molecule has 0 spiro atoms. The number of hydrogen-bond acceptors (Lipinski definition) is 1. The molecule has 0 fully saturated rings. The highest BCUT2D eigenvalue weighted by atomic mass is 32.1. The van der Waals surface area contributed by atoms with Gasteiger partial charge in [0, 0.05) is 0 Å². The molecule has 29 valence electrons. The van der Waals surface area contributed by atoms with E-state index in [2.05, 4.69) is 12.2 Å². The van der Waals surface area contributed by atoms with Gasteiger partial charge in [0.2, 0.25) is 0 Å². The van der Waals surface area contributed by atoms with Crippen LogP contribution < -0.4 is 0 Å². The minimum absolute atomic E-state index is 0.954. The van der Waals surface area contributed by atoms with Gasteiger partial charge in [-0.1, -0.05) is 19.1 Å². The highest BCUT2D eigenvalue weighted by Gasteiger charge is 1.64. The molecule has 0 saturated heterocycles. The average Bonchev–Trinajstić information content (AvgIpc) is 1.41. The largest absolute Gasteiger partial charge is 0.0935 e. The standard InChI is InChI=1S/C4H7S/c1-2-3-4-5/h2,4H,3H2,1H3. The van der Waals surface area contributed by atoms with Crippen LogP contribution in [0.1, 0.15) is 13.3 Å². The number of thiocarbonyl (C=S) groups is 1. The minimum Gasteiger partial charge on any atom is -0.0935 e. The van der Waals surface area contributed by atoms with E-state index in [9.17, 15) is 0 Å². The van der Waals surface area contributed by atoms with E-state index in [1.165, 1.54) is 0 Å². The summed E-state index contributed by atoms with van der Waals surface area (Å²) < 4.78 is 0. The Morgan fingerprint density at radius 2 is 2.40 bits per heavy atom. The SMILES string of the molecule is C[CH]CC=S. The molecule has 0 bridgehead atoms. The lowest BCUT2D eigenvalue weighted by Gasteiger charge is -1.70. The van der Waals surface area contributed by atoms with E-state index in [-0.39, 0.29) is 0 Å². The maximum Gasteiger partial charge on any atom is -0.0208 e. The van der Waals surface area contributed by atoms with Crippen molar-refractivity contribution in [2.24, 2.45) is 0 Å². The molecule has 0 amide bonds. The van der Waals surface area contributed by atoms with Gasteiger partial charge < -0.3 is 0 Å². The summed E-state index contributed by atoms with van der Waals surface area (Å²) in [6.07, 6.45) is 2.97. The Morgan fingerprint density at radius 1 is 1.80 bits per heavy atom. The summed E-state index contributed by atoms with van der Waals surface area (Å²) in [4.78, 5) is 0. The zero-order valence-corrected chi connectivity index (χ0v) is 4.09. The van der Waals surface area contributed by atoms with E-state index in [1.54, 1.807) is 5.37 Å². The Hall–Kier alpha value is 0.0900. The zero-order valence-electron chi connectivity index (χ0n) is 3.27. The predicted molar refractivity (Wildman–Crippen MR) is 28.2 cm³/mol. The summed E-state index contributed by atoms with van der Waals surface area (Å²) >= 11 is 4.49. The van der Waals surface area contributed by atoms with Crippen LogP contribution in [0.3, 0.4) is 0 Å². The van der Waals surface area contributed by atoms with Gasteiger partial charge in [-0.15, -0.1) is 0 Å². The first kappa shape index (κ1) is 5.09. The van der Waals surface area contributed by atoms with Crippen molar-refractivity contribution in [1.29, 1.82) is 0 Å². The van der Waals surface area contributed by atoms with E-state index in [4.69, 9.17) is 0 Å². The summed E-state index contributed by atoms with van der Waals surface area (Å²) in [7, 11) is 0. The fourth-order valence-electron chi connectivity index (χ4n) is 0.0962. The van der Waals surface area contributed by atoms with Gasteiger partial charge in [-0.05, 0) is 18.2 Å². The van der Waals surface area contributed by atoms with Crippen LogP contribution in [0.15, 0.2) is 0 Å². The third-order valence-electron chi connectivity index (χ3n) is 0.332. The summed E-state index contributed by atoms with van der Waals surface area (Å²) in [5.41, 5.74) is 0. The normalized spacial score (nSPS) is 7.40. The van der Waals surface area contributed by atoms with Crippen LogP contribution >= 0.6 is 12.2 Å². The van der Waals surface area contributed by atoms with E-state index in [0.717, 1.165) is 6.42 Å². The Labute approximate surface area is 38.2 Å². The van der Waals surface area contributed by atoms with Crippen molar-refractivity contribution in [3.8, 4) is 0 Å². The van der Waals surface area contributed by atoms with Crippen LogP contribution in [0, 0.1) is 6.42 Å². The molecule has 0 heterocycles. The van der Waals surface area contributed by atoms with Crippen LogP contribution in [0.2, 0.25) is 0 Å². The Bertz CT molecular complexity index is 24.8. The molecule has 0 saturated carbocycles. The van der Waals surface area contributed by atoms with Crippen LogP contribution in [-0.4, -0.2) is 5.37 Å². The molecular formula is C4H7S. The third kappa shape index (κ3) is 4.09. The first-order valence-corrected chi connectivity index (χ1v) is 2.10. The lowest BCUT2D eigenvalue weighted by molar-refractivity contribution is 1.31. The van der Waals surface area contributed by atoms with E-state index in [1.807, 2.05) is 13.3 Å². The zero-order chi connectivity index (χ0) is 4.12. The molecule has 1 heteroatoms. The first-order chi connectivity index (χ1) is 2.41. The third-order valence-corrected chi connectivity index (χ3v) is 0.524. The second kappa shape index (κ2) is 4.09. The second-order valence-corrected chi connectivity index (χ2v) is 1.14. The van der Waals surface area contributed by atoms with Gasteiger partial charge in [0.1, 0.15) is 0 Å². The lowest BCUT2D eigenvalue weighted by Crippen LogP contribution is -1.62. The summed E-state index contributed by atoms with van der Waals surface area (Å²) in [6, 6.07) is 0. The summed E-state index contributed by atoms with van der Waals surface area (Å²) in [5, 5.41) is 1.71. The monoisotopic (exact) mass is 87.0 g/mol. The van der Waals surface area contributed by atoms with Crippen LogP contribution in [0.5, 0.6) is 0 Å². The van der Waals surface area contributed by atoms with Gasteiger partial charge in [0.05, 0.1) is 0 Å². The molecule has 1 radical (unpaired) electrons. The smallest absolute Gasteiger partial charge is 0.0208 e. The second-order valence-electron chi connectivity index (χ2n) is 0.811. The highest BCUT2D eigenvalue weighted by Crippen LogP contribution is 1.75. The van der Waals surface area contributed by atoms with Gasteiger partial charge in [0.15, 0.2) is 0 Å². The number of unbranched alkanes of at least 4 members (excludes halogenated alkanes) is 1. The molecule has 0 aliphatic rings. The Morgan fingerprint density at radius 3 is 2.40 bits per heavy atom. The molecular weight excluding hydrogens is 80.1 g/mol. The molecule has 0 nitrogen and oxygen atoms in total. The van der Waals surface area contributed by atoms with Crippen molar-refractivity contribution in [3.63, 3.8) is 0 Å². The summed E-state index contributed by atoms with van der Waals surface area (Å²) in [6.45, 7) is 1.99. The lowest BCUT2D eigenvalue weighted by atomic mass is 10.4. The van der Waals surface area contributed by atoms with Gasteiger partial charge in [-0.25, -0.2) is 0 Å². The molecule has 0 rings (SSSR count). The maximum absolute atomic E-state index is 4.49.